The van der Waals surface area contributed by atoms with Gasteiger partial charge in [0, 0.05) is 0 Å². The fraction of sp³-hybridized carbons (Fsp3) is 0.118. The van der Waals surface area contributed by atoms with Crippen molar-refractivity contribution in [3.63, 3.8) is 0 Å². The van der Waals surface area contributed by atoms with E-state index in [1.165, 1.54) is 6.07 Å². The number of esters is 1. The second-order valence-electron chi connectivity index (χ2n) is 5.20. The zero-order valence-corrected chi connectivity index (χ0v) is 12.4. The molecule has 0 bridgehead atoms. The molecule has 0 aliphatic carbocycles. The van der Waals surface area contributed by atoms with Gasteiger partial charge in [-0.1, -0.05) is 12.1 Å². The summed E-state index contributed by atoms with van der Waals surface area (Å²) in [4.78, 5) is 27.7. The van der Waals surface area contributed by atoms with Crippen LogP contribution in [0.2, 0.25) is 0 Å². The number of anilines is 1. The monoisotopic (exact) mass is 324 g/mol. The number of nitrogens with zero attached hydrogens (tertiary/aromatic N) is 1. The molecule has 1 N–H and O–H groups in total. The number of hydrogen-bond donors (Lipinski definition) is 1. The molecule has 0 saturated heterocycles. The van der Waals surface area contributed by atoms with E-state index >= 15 is 0 Å². The lowest BCUT2D eigenvalue weighted by molar-refractivity contribution is -0.118. The molecule has 2 aromatic carbocycles. The number of hydrogen-bond acceptors (Lipinski definition) is 6. The first-order valence-corrected chi connectivity index (χ1v) is 7.27. The Morgan fingerprint density at radius 1 is 1.25 bits per heavy atom. The van der Waals surface area contributed by atoms with E-state index in [0.29, 0.717) is 34.0 Å². The average molecular weight is 324 g/mol. The molecule has 2 heterocycles. The van der Waals surface area contributed by atoms with Crippen LogP contribution < -0.4 is 10.1 Å². The molecular formula is C17H12N2O5. The molecule has 7 nitrogen and oxygen atoms in total. The SMILES string of the molecule is O=C1COc2ccc(C(=O)OCc3nc4ccccc4o3)cc2N1. The number of aromatic nitrogens is 1. The topological polar surface area (TPSA) is 90.7 Å². The van der Waals surface area contributed by atoms with E-state index in [0.717, 1.165) is 0 Å². The van der Waals surface area contributed by atoms with Gasteiger partial charge < -0.3 is 19.2 Å². The third-order valence-corrected chi connectivity index (χ3v) is 3.51. The highest BCUT2D eigenvalue weighted by Gasteiger charge is 2.18. The first-order chi connectivity index (χ1) is 11.7. The summed E-state index contributed by atoms with van der Waals surface area (Å²) >= 11 is 0. The van der Waals surface area contributed by atoms with Crippen LogP contribution in [-0.4, -0.2) is 23.5 Å². The molecule has 0 unspecified atom stereocenters. The van der Waals surface area contributed by atoms with Crippen molar-refractivity contribution in [2.24, 2.45) is 0 Å². The van der Waals surface area contributed by atoms with Gasteiger partial charge in [0.2, 0.25) is 5.89 Å². The minimum absolute atomic E-state index is 0.0332. The van der Waals surface area contributed by atoms with Gasteiger partial charge in [0.1, 0.15) is 11.3 Å². The number of rotatable bonds is 3. The first-order valence-electron chi connectivity index (χ1n) is 7.27. The molecule has 0 atom stereocenters. The van der Waals surface area contributed by atoms with Crippen molar-refractivity contribution in [1.29, 1.82) is 0 Å². The minimum Gasteiger partial charge on any atom is -0.482 e. The molecular weight excluding hydrogens is 312 g/mol. The van der Waals surface area contributed by atoms with Crippen molar-refractivity contribution in [2.75, 3.05) is 11.9 Å². The van der Waals surface area contributed by atoms with Crippen molar-refractivity contribution in [1.82, 2.24) is 4.98 Å². The first kappa shape index (κ1) is 14.3. The van der Waals surface area contributed by atoms with Gasteiger partial charge in [-0.2, -0.15) is 0 Å². The lowest BCUT2D eigenvalue weighted by atomic mass is 10.1. The standard InChI is InChI=1S/C17H12N2O5/c20-15-8-22-13-6-5-10(7-12(13)18-15)17(21)23-9-16-19-11-3-1-2-4-14(11)24-16/h1-7H,8-9H2,(H,18,20). The van der Waals surface area contributed by atoms with Crippen molar-refractivity contribution in [2.45, 2.75) is 6.61 Å². The Morgan fingerprint density at radius 3 is 3.00 bits per heavy atom. The Labute approximate surface area is 136 Å². The summed E-state index contributed by atoms with van der Waals surface area (Å²) in [7, 11) is 0. The van der Waals surface area contributed by atoms with Gasteiger partial charge >= 0.3 is 5.97 Å². The van der Waals surface area contributed by atoms with Gasteiger partial charge in [-0.05, 0) is 30.3 Å². The average Bonchev–Trinajstić information content (AvgIpc) is 3.02. The summed E-state index contributed by atoms with van der Waals surface area (Å²) in [5, 5.41) is 2.64. The number of para-hydroxylation sites is 2. The fourth-order valence-electron chi connectivity index (χ4n) is 2.40. The minimum atomic E-state index is -0.542. The van der Waals surface area contributed by atoms with Crippen LogP contribution in [0, 0.1) is 0 Å². The zero-order chi connectivity index (χ0) is 16.5. The van der Waals surface area contributed by atoms with E-state index < -0.39 is 5.97 Å². The summed E-state index contributed by atoms with van der Waals surface area (Å²) in [6.07, 6.45) is 0. The predicted molar refractivity (Wildman–Crippen MR) is 83.7 cm³/mol. The van der Waals surface area contributed by atoms with Gasteiger partial charge in [-0.15, -0.1) is 0 Å². The maximum Gasteiger partial charge on any atom is 0.338 e. The molecule has 1 aromatic heterocycles. The molecule has 1 aliphatic rings. The molecule has 24 heavy (non-hydrogen) atoms. The van der Waals surface area contributed by atoms with Crippen molar-refractivity contribution < 1.29 is 23.5 Å². The second kappa shape index (κ2) is 5.69. The van der Waals surface area contributed by atoms with Crippen LogP contribution in [0.15, 0.2) is 46.9 Å². The number of benzene rings is 2. The lowest BCUT2D eigenvalue weighted by Gasteiger charge is -2.18. The van der Waals surface area contributed by atoms with Crippen LogP contribution in [0.3, 0.4) is 0 Å². The molecule has 7 heteroatoms. The number of ether oxygens (including phenoxy) is 2. The van der Waals surface area contributed by atoms with Crippen LogP contribution in [0.4, 0.5) is 5.69 Å². The van der Waals surface area contributed by atoms with Gasteiger partial charge in [-0.3, -0.25) is 4.79 Å². The van der Waals surface area contributed by atoms with Crippen molar-refractivity contribution >= 4 is 28.7 Å². The normalized spacial score (nSPS) is 13.1. The Morgan fingerprint density at radius 2 is 2.12 bits per heavy atom. The quantitative estimate of drug-likeness (QED) is 0.745. The van der Waals surface area contributed by atoms with E-state index in [2.05, 4.69) is 10.3 Å². The molecule has 0 radical (unpaired) electrons. The molecule has 120 valence electrons. The van der Waals surface area contributed by atoms with Crippen LogP contribution in [0.1, 0.15) is 16.2 Å². The third-order valence-electron chi connectivity index (χ3n) is 3.51. The van der Waals surface area contributed by atoms with Gasteiger partial charge in [-0.25, -0.2) is 9.78 Å². The van der Waals surface area contributed by atoms with Gasteiger partial charge in [0.15, 0.2) is 18.8 Å². The molecule has 0 saturated carbocycles. The highest BCUT2D eigenvalue weighted by molar-refractivity contribution is 5.98. The Kier molecular flexibility index (Phi) is 3.38. The van der Waals surface area contributed by atoms with Crippen molar-refractivity contribution in [3.05, 3.63) is 53.9 Å². The molecule has 1 amide bonds. The lowest BCUT2D eigenvalue weighted by Crippen LogP contribution is -2.25. The van der Waals surface area contributed by atoms with E-state index in [9.17, 15) is 9.59 Å². The van der Waals surface area contributed by atoms with Crippen LogP contribution in [0.25, 0.3) is 11.1 Å². The zero-order valence-electron chi connectivity index (χ0n) is 12.4. The number of amides is 1. The third kappa shape index (κ3) is 2.67. The number of carbonyl (C=O) groups excluding carboxylic acids is 2. The van der Waals surface area contributed by atoms with E-state index in [4.69, 9.17) is 13.9 Å². The number of oxazole rings is 1. The van der Waals surface area contributed by atoms with E-state index in [1.807, 2.05) is 18.2 Å². The Balaban J connectivity index is 1.48. The number of fused-ring (bicyclic) bond motifs is 2. The molecule has 3 aromatic rings. The van der Waals surface area contributed by atoms with Crippen LogP contribution in [0.5, 0.6) is 5.75 Å². The van der Waals surface area contributed by atoms with Crippen molar-refractivity contribution in [3.8, 4) is 5.75 Å². The van der Waals surface area contributed by atoms with E-state index in [-0.39, 0.29) is 19.1 Å². The molecule has 0 spiro atoms. The molecule has 1 aliphatic heterocycles. The smallest absolute Gasteiger partial charge is 0.338 e. The van der Waals surface area contributed by atoms with Crippen LogP contribution >= 0.6 is 0 Å². The summed E-state index contributed by atoms with van der Waals surface area (Å²) in [6, 6.07) is 12.0. The summed E-state index contributed by atoms with van der Waals surface area (Å²) in [5.74, 6) is 0.0311. The predicted octanol–water partition coefficient (Wildman–Crippen LogP) is 2.52. The summed E-state index contributed by atoms with van der Waals surface area (Å²) < 4.78 is 16.0. The summed E-state index contributed by atoms with van der Waals surface area (Å²) in [6.45, 7) is -0.109. The Hall–Kier alpha value is -3.35. The summed E-state index contributed by atoms with van der Waals surface area (Å²) in [5.41, 5.74) is 2.09. The largest absolute Gasteiger partial charge is 0.482 e. The van der Waals surface area contributed by atoms with Crippen LogP contribution in [-0.2, 0) is 16.1 Å². The highest BCUT2D eigenvalue weighted by atomic mass is 16.5. The van der Waals surface area contributed by atoms with Gasteiger partial charge in [0.25, 0.3) is 5.91 Å². The van der Waals surface area contributed by atoms with Gasteiger partial charge in [0.05, 0.1) is 11.3 Å². The second-order valence-corrected chi connectivity index (χ2v) is 5.20. The Bertz CT molecular complexity index is 914. The molecule has 0 fully saturated rings. The van der Waals surface area contributed by atoms with E-state index in [1.54, 1.807) is 18.2 Å². The number of nitrogens with one attached hydrogen (secondary N) is 1. The maximum absolute atomic E-state index is 12.2. The fourth-order valence-corrected chi connectivity index (χ4v) is 2.40. The highest BCUT2D eigenvalue weighted by Crippen LogP contribution is 2.28. The maximum atomic E-state index is 12.2. The molecule has 4 rings (SSSR count). The number of carbonyl (C=O) groups is 2.